The molecule has 0 bridgehead atoms. The zero-order chi connectivity index (χ0) is 11.0. The summed E-state index contributed by atoms with van der Waals surface area (Å²) in [6, 6.07) is 8.61. The molecule has 1 N–H and O–H groups in total. The van der Waals surface area contributed by atoms with Crippen molar-refractivity contribution >= 4 is 11.3 Å². The van der Waals surface area contributed by atoms with Crippen LogP contribution < -0.4 is 0 Å². The quantitative estimate of drug-likeness (QED) is 0.861. The zero-order valence-electron chi connectivity index (χ0n) is 8.89. The highest BCUT2D eigenvalue weighted by atomic mass is 32.1. The van der Waals surface area contributed by atoms with Crippen LogP contribution in [-0.4, -0.2) is 10.1 Å². The summed E-state index contributed by atoms with van der Waals surface area (Å²) in [6.07, 6.45) is 3.98. The van der Waals surface area contributed by atoms with Crippen LogP contribution in [0.25, 0.3) is 0 Å². The van der Waals surface area contributed by atoms with E-state index in [4.69, 9.17) is 5.11 Å². The predicted octanol–water partition coefficient (Wildman–Crippen LogP) is 2.52. The molecule has 0 saturated heterocycles. The van der Waals surface area contributed by atoms with Gasteiger partial charge in [-0.1, -0.05) is 24.3 Å². The van der Waals surface area contributed by atoms with Crippen LogP contribution in [0.1, 0.15) is 26.9 Å². The van der Waals surface area contributed by atoms with Gasteiger partial charge in [-0.15, -0.1) is 11.3 Å². The number of aromatic nitrogens is 1. The van der Waals surface area contributed by atoms with E-state index in [1.807, 2.05) is 0 Å². The smallest absolute Gasteiger partial charge is 0.0966 e. The molecule has 0 atom stereocenters. The van der Waals surface area contributed by atoms with Crippen LogP contribution in [0.5, 0.6) is 0 Å². The molecule has 1 aromatic carbocycles. The van der Waals surface area contributed by atoms with E-state index in [0.717, 1.165) is 17.7 Å². The lowest BCUT2D eigenvalue weighted by Crippen LogP contribution is -1.96. The van der Waals surface area contributed by atoms with Crippen molar-refractivity contribution < 1.29 is 5.11 Å². The second-order valence-electron chi connectivity index (χ2n) is 4.20. The lowest BCUT2D eigenvalue weighted by atomic mass is 10.1. The molecule has 1 aliphatic carbocycles. The molecule has 0 saturated carbocycles. The van der Waals surface area contributed by atoms with E-state index in [0.29, 0.717) is 5.92 Å². The fourth-order valence-electron chi connectivity index (χ4n) is 2.32. The average molecular weight is 231 g/mol. The van der Waals surface area contributed by atoms with E-state index in [1.165, 1.54) is 16.1 Å². The number of aliphatic hydroxyl groups is 1. The van der Waals surface area contributed by atoms with Gasteiger partial charge in [-0.3, -0.25) is 0 Å². The molecule has 0 spiro atoms. The number of aliphatic hydroxyl groups excluding tert-OH is 1. The number of fused-ring (bicyclic) bond motifs is 1. The van der Waals surface area contributed by atoms with Crippen molar-refractivity contribution in [1.29, 1.82) is 0 Å². The Balaban J connectivity index is 1.85. The first-order valence-electron chi connectivity index (χ1n) is 5.49. The van der Waals surface area contributed by atoms with Crippen molar-refractivity contribution in [2.24, 2.45) is 0 Å². The van der Waals surface area contributed by atoms with E-state index in [-0.39, 0.29) is 6.61 Å². The van der Waals surface area contributed by atoms with Crippen molar-refractivity contribution in [2.75, 3.05) is 0 Å². The van der Waals surface area contributed by atoms with Crippen molar-refractivity contribution in [3.05, 3.63) is 51.5 Å². The molecule has 0 amide bonds. The van der Waals surface area contributed by atoms with E-state index in [9.17, 15) is 0 Å². The number of nitrogens with zero attached hydrogens (tertiary/aromatic N) is 1. The molecule has 0 radical (unpaired) electrons. The standard InChI is InChI=1S/C13H13NOS/c15-8-12-7-14-13(16-12)11-5-9-3-1-2-4-10(9)6-11/h1-4,7,11,15H,5-6,8H2. The summed E-state index contributed by atoms with van der Waals surface area (Å²) < 4.78 is 0. The Kier molecular flexibility index (Phi) is 2.50. The summed E-state index contributed by atoms with van der Waals surface area (Å²) >= 11 is 1.64. The minimum Gasteiger partial charge on any atom is -0.391 e. The fourth-order valence-corrected chi connectivity index (χ4v) is 3.20. The summed E-state index contributed by atoms with van der Waals surface area (Å²) in [5, 5.41) is 10.2. The molecule has 2 aromatic rings. The zero-order valence-corrected chi connectivity index (χ0v) is 9.70. The molecule has 1 aromatic heterocycles. The maximum Gasteiger partial charge on any atom is 0.0966 e. The molecule has 3 heteroatoms. The summed E-state index contributed by atoms with van der Waals surface area (Å²) in [5.41, 5.74) is 2.90. The van der Waals surface area contributed by atoms with Crippen LogP contribution in [0.2, 0.25) is 0 Å². The largest absolute Gasteiger partial charge is 0.391 e. The van der Waals surface area contributed by atoms with Gasteiger partial charge < -0.3 is 5.11 Å². The minimum absolute atomic E-state index is 0.108. The molecule has 0 unspecified atom stereocenters. The highest BCUT2D eigenvalue weighted by Gasteiger charge is 2.24. The molecule has 2 nitrogen and oxygen atoms in total. The second kappa shape index (κ2) is 4.00. The lowest BCUT2D eigenvalue weighted by Gasteiger charge is -2.02. The van der Waals surface area contributed by atoms with E-state index >= 15 is 0 Å². The van der Waals surface area contributed by atoms with Gasteiger partial charge in [0.1, 0.15) is 0 Å². The lowest BCUT2D eigenvalue weighted by molar-refractivity contribution is 0.285. The van der Waals surface area contributed by atoms with Crippen molar-refractivity contribution in [2.45, 2.75) is 25.4 Å². The van der Waals surface area contributed by atoms with Gasteiger partial charge in [0, 0.05) is 12.1 Å². The van der Waals surface area contributed by atoms with Gasteiger partial charge in [-0.2, -0.15) is 0 Å². The molecule has 1 heterocycles. The van der Waals surface area contributed by atoms with Crippen LogP contribution in [0.3, 0.4) is 0 Å². The fraction of sp³-hybridized carbons (Fsp3) is 0.308. The minimum atomic E-state index is 0.108. The molecular formula is C13H13NOS. The normalized spacial score (nSPS) is 15.3. The molecule has 16 heavy (non-hydrogen) atoms. The monoisotopic (exact) mass is 231 g/mol. The van der Waals surface area contributed by atoms with Crippen LogP contribution >= 0.6 is 11.3 Å². The maximum absolute atomic E-state index is 9.04. The average Bonchev–Trinajstić information content (AvgIpc) is 2.95. The molecular weight excluding hydrogens is 218 g/mol. The second-order valence-corrected chi connectivity index (χ2v) is 5.34. The van der Waals surface area contributed by atoms with Crippen molar-refractivity contribution in [3.8, 4) is 0 Å². The van der Waals surface area contributed by atoms with Crippen LogP contribution in [0.15, 0.2) is 30.5 Å². The van der Waals surface area contributed by atoms with E-state index < -0.39 is 0 Å². The third-order valence-electron chi connectivity index (χ3n) is 3.13. The summed E-state index contributed by atoms with van der Waals surface area (Å²) in [5.74, 6) is 0.516. The van der Waals surface area contributed by atoms with Crippen LogP contribution in [-0.2, 0) is 19.4 Å². The summed E-state index contributed by atoms with van der Waals surface area (Å²) in [7, 11) is 0. The third kappa shape index (κ3) is 1.66. The van der Waals surface area contributed by atoms with Crippen molar-refractivity contribution in [1.82, 2.24) is 4.98 Å². The molecule has 0 fully saturated rings. The number of benzene rings is 1. The number of hydrogen-bond acceptors (Lipinski definition) is 3. The van der Waals surface area contributed by atoms with Gasteiger partial charge in [-0.25, -0.2) is 4.98 Å². The van der Waals surface area contributed by atoms with Gasteiger partial charge in [0.2, 0.25) is 0 Å². The highest BCUT2D eigenvalue weighted by molar-refractivity contribution is 7.11. The number of thiazole rings is 1. The molecule has 0 aliphatic heterocycles. The van der Waals surface area contributed by atoms with E-state index in [2.05, 4.69) is 29.2 Å². The Morgan fingerprint density at radius 1 is 1.25 bits per heavy atom. The van der Waals surface area contributed by atoms with E-state index in [1.54, 1.807) is 17.5 Å². The molecule has 82 valence electrons. The van der Waals surface area contributed by atoms with Crippen LogP contribution in [0.4, 0.5) is 0 Å². The Morgan fingerprint density at radius 2 is 1.94 bits per heavy atom. The molecule has 1 aliphatic rings. The first kappa shape index (κ1) is 10.00. The van der Waals surface area contributed by atoms with Gasteiger partial charge >= 0.3 is 0 Å². The van der Waals surface area contributed by atoms with Gasteiger partial charge in [-0.05, 0) is 24.0 Å². The summed E-state index contributed by atoms with van der Waals surface area (Å²) in [4.78, 5) is 5.37. The van der Waals surface area contributed by atoms with Gasteiger partial charge in [0.15, 0.2) is 0 Å². The Bertz CT molecular complexity index is 481. The predicted molar refractivity (Wildman–Crippen MR) is 64.6 cm³/mol. The SMILES string of the molecule is OCc1cnc(C2Cc3ccccc3C2)s1. The first-order chi connectivity index (χ1) is 7.86. The van der Waals surface area contributed by atoms with Crippen LogP contribution in [0, 0.1) is 0 Å². The number of rotatable bonds is 2. The van der Waals surface area contributed by atoms with Gasteiger partial charge in [0.05, 0.1) is 16.5 Å². The summed E-state index contributed by atoms with van der Waals surface area (Å²) in [6.45, 7) is 0.108. The topological polar surface area (TPSA) is 33.1 Å². The highest BCUT2D eigenvalue weighted by Crippen LogP contribution is 2.35. The Morgan fingerprint density at radius 3 is 2.50 bits per heavy atom. The number of hydrogen-bond donors (Lipinski definition) is 1. The van der Waals surface area contributed by atoms with Gasteiger partial charge in [0.25, 0.3) is 0 Å². The Labute approximate surface area is 98.6 Å². The Hall–Kier alpha value is -1.19. The third-order valence-corrected chi connectivity index (χ3v) is 4.27. The molecule has 3 rings (SSSR count). The van der Waals surface area contributed by atoms with Crippen molar-refractivity contribution in [3.63, 3.8) is 0 Å². The first-order valence-corrected chi connectivity index (χ1v) is 6.30. The maximum atomic E-state index is 9.04.